The molecule has 0 radical (unpaired) electrons. The second kappa shape index (κ2) is 6.91. The monoisotopic (exact) mass is 317 g/mol. The molecule has 6 nitrogen and oxygen atoms in total. The van der Waals surface area contributed by atoms with Crippen molar-refractivity contribution in [3.05, 3.63) is 35.5 Å². The van der Waals surface area contributed by atoms with Crippen molar-refractivity contribution in [2.24, 2.45) is 5.73 Å². The number of nitrogens with two attached hydrogens (primary N) is 1. The van der Waals surface area contributed by atoms with Gasteiger partial charge in [0.1, 0.15) is 0 Å². The van der Waals surface area contributed by atoms with Gasteiger partial charge in [-0.15, -0.1) is 0 Å². The van der Waals surface area contributed by atoms with Crippen molar-refractivity contribution in [2.45, 2.75) is 39.3 Å². The van der Waals surface area contributed by atoms with Crippen LogP contribution in [0.1, 0.15) is 33.3 Å². The number of hydrazine groups is 1. The van der Waals surface area contributed by atoms with Crippen LogP contribution < -0.4 is 26.8 Å². The lowest BCUT2D eigenvalue weighted by Crippen LogP contribution is -2.57. The Hall–Kier alpha value is -2.21. The predicted molar refractivity (Wildman–Crippen MR) is 94.8 cm³/mol. The molecule has 0 aromatic heterocycles. The van der Waals surface area contributed by atoms with Crippen LogP contribution >= 0.6 is 0 Å². The summed E-state index contributed by atoms with van der Waals surface area (Å²) in [7, 11) is 0. The summed E-state index contributed by atoms with van der Waals surface area (Å²) in [5.41, 5.74) is 12.0. The standard InChI is InChI=1S/C17H27N5O/c1-12(2)20-16(23)21-17(3,4)11-19-22-10-14(18)9-13-7-5-6-8-15(13)22/h5-9,12,19H,10-11,18H2,1-4H3,(H2,20,21,23). The van der Waals surface area contributed by atoms with Crippen LogP contribution in [0.5, 0.6) is 0 Å². The summed E-state index contributed by atoms with van der Waals surface area (Å²) < 4.78 is 0. The van der Waals surface area contributed by atoms with Crippen molar-refractivity contribution >= 4 is 17.8 Å². The second-order valence-corrected chi connectivity index (χ2v) is 6.84. The SMILES string of the molecule is CC(C)NC(=O)NC(C)(C)CNN1CC(N)=Cc2ccccc21. The van der Waals surface area contributed by atoms with Crippen LogP contribution in [0.2, 0.25) is 0 Å². The van der Waals surface area contributed by atoms with Crippen LogP contribution in [0.15, 0.2) is 30.0 Å². The molecule has 1 aliphatic rings. The number of nitrogens with one attached hydrogen (secondary N) is 3. The summed E-state index contributed by atoms with van der Waals surface area (Å²) in [6.45, 7) is 9.03. The molecule has 23 heavy (non-hydrogen) atoms. The fourth-order valence-corrected chi connectivity index (χ4v) is 2.45. The number of hydrogen-bond donors (Lipinski definition) is 4. The molecule has 0 atom stereocenters. The maximum absolute atomic E-state index is 11.9. The maximum Gasteiger partial charge on any atom is 0.315 e. The first kappa shape index (κ1) is 17.1. The van der Waals surface area contributed by atoms with E-state index in [0.717, 1.165) is 16.9 Å². The van der Waals surface area contributed by atoms with Gasteiger partial charge in [-0.1, -0.05) is 18.2 Å². The van der Waals surface area contributed by atoms with E-state index in [0.29, 0.717) is 13.1 Å². The normalized spacial score (nSPS) is 14.3. The minimum Gasteiger partial charge on any atom is -0.401 e. The number of fused-ring (bicyclic) bond motifs is 1. The zero-order chi connectivity index (χ0) is 17.0. The van der Waals surface area contributed by atoms with E-state index in [1.54, 1.807) is 0 Å². The van der Waals surface area contributed by atoms with Gasteiger partial charge < -0.3 is 21.4 Å². The number of amides is 2. The van der Waals surface area contributed by atoms with E-state index >= 15 is 0 Å². The third-order valence-electron chi connectivity index (χ3n) is 3.49. The van der Waals surface area contributed by atoms with Crippen molar-refractivity contribution in [1.29, 1.82) is 0 Å². The van der Waals surface area contributed by atoms with E-state index in [2.05, 4.69) is 22.1 Å². The Morgan fingerprint density at radius 3 is 2.74 bits per heavy atom. The van der Waals surface area contributed by atoms with Crippen LogP contribution in [0.25, 0.3) is 6.08 Å². The second-order valence-electron chi connectivity index (χ2n) is 6.84. The minimum atomic E-state index is -0.399. The Kier molecular flexibility index (Phi) is 5.15. The fourth-order valence-electron chi connectivity index (χ4n) is 2.45. The molecule has 1 aromatic rings. The van der Waals surface area contributed by atoms with Gasteiger partial charge in [-0.25, -0.2) is 10.2 Å². The van der Waals surface area contributed by atoms with Gasteiger partial charge in [0, 0.05) is 23.8 Å². The van der Waals surface area contributed by atoms with E-state index in [9.17, 15) is 4.79 Å². The summed E-state index contributed by atoms with van der Waals surface area (Å²) in [6.07, 6.45) is 1.99. The van der Waals surface area contributed by atoms with Gasteiger partial charge in [0.2, 0.25) is 0 Å². The third-order valence-corrected chi connectivity index (χ3v) is 3.49. The summed E-state index contributed by atoms with van der Waals surface area (Å²) in [5.74, 6) is 0. The molecular weight excluding hydrogens is 290 g/mol. The Balaban J connectivity index is 1.97. The molecule has 5 N–H and O–H groups in total. The number of benzene rings is 1. The van der Waals surface area contributed by atoms with Crippen LogP contribution in [0.4, 0.5) is 10.5 Å². The molecule has 0 bridgehead atoms. The zero-order valence-corrected chi connectivity index (χ0v) is 14.3. The van der Waals surface area contributed by atoms with E-state index in [4.69, 9.17) is 5.73 Å². The van der Waals surface area contributed by atoms with Gasteiger partial charge in [-0.05, 0) is 39.8 Å². The maximum atomic E-state index is 11.9. The Labute approximate surface area is 138 Å². The molecule has 2 rings (SSSR count). The molecule has 0 aliphatic carbocycles. The lowest BCUT2D eigenvalue weighted by Gasteiger charge is -2.35. The summed E-state index contributed by atoms with van der Waals surface area (Å²) >= 11 is 0. The van der Waals surface area contributed by atoms with Gasteiger partial charge in [0.15, 0.2) is 0 Å². The topological polar surface area (TPSA) is 82.4 Å². The first-order chi connectivity index (χ1) is 10.8. The Bertz CT molecular complexity index is 594. The average molecular weight is 317 g/mol. The van der Waals surface area contributed by atoms with Gasteiger partial charge in [0.25, 0.3) is 0 Å². The lowest BCUT2D eigenvalue weighted by atomic mass is 10.1. The quantitative estimate of drug-likeness (QED) is 0.667. The molecule has 126 valence electrons. The molecule has 1 heterocycles. The highest BCUT2D eigenvalue weighted by Gasteiger charge is 2.23. The third kappa shape index (κ3) is 4.89. The highest BCUT2D eigenvalue weighted by Crippen LogP contribution is 2.25. The summed E-state index contributed by atoms with van der Waals surface area (Å²) in [6, 6.07) is 8.03. The summed E-state index contributed by atoms with van der Waals surface area (Å²) in [4.78, 5) is 11.9. The van der Waals surface area contributed by atoms with E-state index in [1.165, 1.54) is 0 Å². The number of hydrogen-bond acceptors (Lipinski definition) is 4. The van der Waals surface area contributed by atoms with Gasteiger partial charge in [-0.3, -0.25) is 0 Å². The van der Waals surface area contributed by atoms with Crippen molar-refractivity contribution in [3.63, 3.8) is 0 Å². The number of urea groups is 1. The van der Waals surface area contributed by atoms with Gasteiger partial charge in [0.05, 0.1) is 17.8 Å². The van der Waals surface area contributed by atoms with Gasteiger partial charge >= 0.3 is 6.03 Å². The zero-order valence-electron chi connectivity index (χ0n) is 14.3. The first-order valence-corrected chi connectivity index (χ1v) is 7.91. The van der Waals surface area contributed by atoms with E-state index in [-0.39, 0.29) is 12.1 Å². The van der Waals surface area contributed by atoms with E-state index in [1.807, 2.05) is 57.0 Å². The molecule has 0 unspecified atom stereocenters. The van der Waals surface area contributed by atoms with Crippen LogP contribution in [-0.2, 0) is 0 Å². The van der Waals surface area contributed by atoms with Crippen molar-refractivity contribution < 1.29 is 4.79 Å². The molecule has 2 amide bonds. The van der Waals surface area contributed by atoms with Crippen molar-refractivity contribution in [3.8, 4) is 0 Å². The number of carbonyl (C=O) groups excluding carboxylic acids is 1. The molecule has 1 aromatic carbocycles. The highest BCUT2D eigenvalue weighted by atomic mass is 16.2. The Morgan fingerprint density at radius 2 is 2.04 bits per heavy atom. The summed E-state index contributed by atoms with van der Waals surface area (Å²) in [5, 5.41) is 7.84. The molecule has 0 saturated heterocycles. The predicted octanol–water partition coefficient (Wildman–Crippen LogP) is 1.80. The number of rotatable bonds is 5. The van der Waals surface area contributed by atoms with E-state index < -0.39 is 5.54 Å². The van der Waals surface area contributed by atoms with Crippen molar-refractivity contribution in [1.82, 2.24) is 16.1 Å². The molecule has 0 spiro atoms. The van der Waals surface area contributed by atoms with Crippen molar-refractivity contribution in [2.75, 3.05) is 18.1 Å². The number of nitrogens with zero attached hydrogens (tertiary/aromatic N) is 1. The average Bonchev–Trinajstić information content (AvgIpc) is 2.43. The molecule has 1 aliphatic heterocycles. The molecule has 6 heteroatoms. The van der Waals surface area contributed by atoms with Crippen LogP contribution in [0, 0.1) is 0 Å². The molecule has 0 saturated carbocycles. The lowest BCUT2D eigenvalue weighted by molar-refractivity contribution is 0.226. The number of anilines is 1. The minimum absolute atomic E-state index is 0.109. The highest BCUT2D eigenvalue weighted by molar-refractivity contribution is 5.75. The Morgan fingerprint density at radius 1 is 1.35 bits per heavy atom. The largest absolute Gasteiger partial charge is 0.401 e. The van der Waals surface area contributed by atoms with Crippen LogP contribution in [0.3, 0.4) is 0 Å². The molecular formula is C17H27N5O. The number of para-hydroxylation sites is 1. The smallest absolute Gasteiger partial charge is 0.315 e. The van der Waals surface area contributed by atoms with Crippen LogP contribution in [-0.4, -0.2) is 30.7 Å². The number of carbonyl (C=O) groups is 1. The van der Waals surface area contributed by atoms with Gasteiger partial charge in [-0.2, -0.15) is 0 Å². The first-order valence-electron chi connectivity index (χ1n) is 7.91. The molecule has 0 fully saturated rings. The fraction of sp³-hybridized carbons (Fsp3) is 0.471.